The van der Waals surface area contributed by atoms with Gasteiger partial charge in [-0.05, 0) is 53.2 Å². The molecule has 0 aromatic carbocycles. The van der Waals surface area contributed by atoms with Gasteiger partial charge in [0.25, 0.3) is 0 Å². The first-order valence-corrected chi connectivity index (χ1v) is 8.49. The Morgan fingerprint density at radius 1 is 1.42 bits per heavy atom. The van der Waals surface area contributed by atoms with Crippen LogP contribution in [0.5, 0.6) is 0 Å². The smallest absolute Gasteiger partial charge is 0.320 e. The van der Waals surface area contributed by atoms with Crippen molar-refractivity contribution in [2.75, 3.05) is 0 Å². The van der Waals surface area contributed by atoms with E-state index in [2.05, 4.69) is 26.9 Å². The molecule has 5 heteroatoms. The number of carbonyl (C=O) groups is 1. The molecule has 1 N–H and O–H groups in total. The van der Waals surface area contributed by atoms with Crippen LogP contribution in [0.4, 0.5) is 0 Å². The zero-order chi connectivity index (χ0) is 13.4. The van der Waals surface area contributed by atoms with Gasteiger partial charge in [0.2, 0.25) is 0 Å². The van der Waals surface area contributed by atoms with Crippen LogP contribution in [0.1, 0.15) is 37.0 Å². The van der Waals surface area contributed by atoms with E-state index in [1.54, 1.807) is 11.3 Å². The Bertz CT molecular complexity index is 476. The molecule has 104 valence electrons. The largest absolute Gasteiger partial charge is 0.480 e. The third-order valence-corrected chi connectivity index (χ3v) is 6.08. The minimum Gasteiger partial charge on any atom is -0.480 e. The Morgan fingerprint density at radius 2 is 2.21 bits per heavy atom. The van der Waals surface area contributed by atoms with Gasteiger partial charge in [0, 0.05) is 17.5 Å². The van der Waals surface area contributed by atoms with E-state index in [9.17, 15) is 9.90 Å². The number of carboxylic acid groups (broad SMARTS) is 1. The Hall–Kier alpha value is -0.390. The summed E-state index contributed by atoms with van der Waals surface area (Å²) < 4.78 is 1.12. The average Bonchev–Trinajstić information content (AvgIpc) is 2.95. The molecule has 1 aliphatic heterocycles. The first-order chi connectivity index (χ1) is 9.15. The van der Waals surface area contributed by atoms with Gasteiger partial charge in [-0.1, -0.05) is 12.8 Å². The second kappa shape index (κ2) is 5.54. The van der Waals surface area contributed by atoms with Gasteiger partial charge in [0.15, 0.2) is 0 Å². The van der Waals surface area contributed by atoms with Gasteiger partial charge in [-0.15, -0.1) is 11.3 Å². The molecule has 1 saturated heterocycles. The Kier molecular flexibility index (Phi) is 3.96. The van der Waals surface area contributed by atoms with Gasteiger partial charge in [0.1, 0.15) is 6.04 Å². The van der Waals surface area contributed by atoms with Gasteiger partial charge >= 0.3 is 5.97 Å². The first kappa shape index (κ1) is 13.6. The number of hydrogen-bond donors (Lipinski definition) is 1. The zero-order valence-corrected chi connectivity index (χ0v) is 13.1. The summed E-state index contributed by atoms with van der Waals surface area (Å²) in [6, 6.07) is 4.35. The van der Waals surface area contributed by atoms with Crippen molar-refractivity contribution in [2.45, 2.75) is 50.7 Å². The lowest BCUT2D eigenvalue weighted by atomic mass is 9.85. The molecule has 0 spiro atoms. The Balaban J connectivity index is 1.80. The van der Waals surface area contributed by atoms with E-state index in [-0.39, 0.29) is 6.04 Å². The van der Waals surface area contributed by atoms with Crippen molar-refractivity contribution in [3.8, 4) is 0 Å². The summed E-state index contributed by atoms with van der Waals surface area (Å²) in [5.74, 6) is -0.0525. The fourth-order valence-electron chi connectivity index (χ4n) is 3.64. The first-order valence-electron chi connectivity index (χ1n) is 6.88. The van der Waals surface area contributed by atoms with E-state index in [4.69, 9.17) is 0 Å². The maximum atomic E-state index is 11.5. The van der Waals surface area contributed by atoms with Crippen LogP contribution in [0.2, 0.25) is 0 Å². The average molecular weight is 344 g/mol. The lowest BCUT2D eigenvalue weighted by Gasteiger charge is -2.32. The van der Waals surface area contributed by atoms with Crippen molar-refractivity contribution in [1.82, 2.24) is 4.90 Å². The molecule has 0 amide bonds. The van der Waals surface area contributed by atoms with Gasteiger partial charge in [0.05, 0.1) is 3.79 Å². The third kappa shape index (κ3) is 2.73. The Labute approximate surface area is 125 Å². The van der Waals surface area contributed by atoms with E-state index < -0.39 is 5.97 Å². The second-order valence-corrected chi connectivity index (χ2v) is 8.13. The van der Waals surface area contributed by atoms with Crippen molar-refractivity contribution in [3.05, 3.63) is 20.8 Å². The highest BCUT2D eigenvalue weighted by atomic mass is 79.9. The highest BCUT2D eigenvalue weighted by molar-refractivity contribution is 9.11. The molecule has 0 unspecified atom stereocenters. The van der Waals surface area contributed by atoms with Crippen LogP contribution in [-0.2, 0) is 11.3 Å². The molecule has 1 aromatic heterocycles. The van der Waals surface area contributed by atoms with Crippen LogP contribution in [0.25, 0.3) is 0 Å². The van der Waals surface area contributed by atoms with E-state index in [0.29, 0.717) is 12.0 Å². The van der Waals surface area contributed by atoms with Crippen LogP contribution in [-0.4, -0.2) is 28.1 Å². The topological polar surface area (TPSA) is 40.5 Å². The highest BCUT2D eigenvalue weighted by Crippen LogP contribution is 2.41. The number of rotatable bonds is 3. The lowest BCUT2D eigenvalue weighted by molar-refractivity contribution is -0.142. The molecule has 1 saturated carbocycles. The van der Waals surface area contributed by atoms with E-state index in [1.807, 2.05) is 6.07 Å². The second-order valence-electron chi connectivity index (χ2n) is 5.58. The molecule has 1 aromatic rings. The number of thiophene rings is 1. The summed E-state index contributed by atoms with van der Waals surface area (Å²) in [6.45, 7) is 0.786. The van der Waals surface area contributed by atoms with Gasteiger partial charge in [-0.25, -0.2) is 0 Å². The van der Waals surface area contributed by atoms with E-state index in [0.717, 1.165) is 16.8 Å². The van der Waals surface area contributed by atoms with Crippen LogP contribution < -0.4 is 0 Å². The molecule has 3 nitrogen and oxygen atoms in total. The van der Waals surface area contributed by atoms with E-state index >= 15 is 0 Å². The standard InChI is InChI=1S/C14H18BrNO2S/c15-13-6-5-10(19-13)8-16-11-4-2-1-3-9(11)7-12(16)14(17)18/h5-6,9,11-12H,1-4,7-8H2,(H,17,18)/t9-,11+,12-/m0/s1. The zero-order valence-electron chi connectivity index (χ0n) is 10.7. The van der Waals surface area contributed by atoms with Crippen molar-refractivity contribution < 1.29 is 9.90 Å². The van der Waals surface area contributed by atoms with Crippen molar-refractivity contribution in [3.63, 3.8) is 0 Å². The molecule has 1 aliphatic carbocycles. The summed E-state index contributed by atoms with van der Waals surface area (Å²) in [7, 11) is 0. The molecule has 0 radical (unpaired) electrons. The minimum atomic E-state index is -0.648. The summed E-state index contributed by atoms with van der Waals surface area (Å²) in [6.07, 6.45) is 5.73. The molecule has 2 fully saturated rings. The number of fused-ring (bicyclic) bond motifs is 1. The van der Waals surface area contributed by atoms with Crippen LogP contribution in [0, 0.1) is 5.92 Å². The number of carboxylic acids is 1. The molecule has 19 heavy (non-hydrogen) atoms. The van der Waals surface area contributed by atoms with Gasteiger partial charge in [-0.3, -0.25) is 9.69 Å². The van der Waals surface area contributed by atoms with Gasteiger partial charge in [-0.2, -0.15) is 0 Å². The molecular formula is C14H18BrNO2S. The SMILES string of the molecule is O=C(O)[C@@H]1C[C@@H]2CCCC[C@H]2N1Cc1ccc(Br)s1. The Morgan fingerprint density at radius 3 is 2.89 bits per heavy atom. The predicted octanol–water partition coefficient (Wildman–Crippen LogP) is 3.73. The normalized spacial score (nSPS) is 31.3. The van der Waals surface area contributed by atoms with Crippen molar-refractivity contribution >= 4 is 33.2 Å². The minimum absolute atomic E-state index is 0.283. The quantitative estimate of drug-likeness (QED) is 0.908. The highest BCUT2D eigenvalue weighted by Gasteiger charge is 2.45. The predicted molar refractivity (Wildman–Crippen MR) is 79.3 cm³/mol. The third-order valence-electron chi connectivity index (χ3n) is 4.47. The fraction of sp³-hybridized carbons (Fsp3) is 0.643. The van der Waals surface area contributed by atoms with E-state index in [1.165, 1.54) is 30.6 Å². The van der Waals surface area contributed by atoms with Crippen LogP contribution in [0.3, 0.4) is 0 Å². The van der Waals surface area contributed by atoms with Crippen LogP contribution in [0.15, 0.2) is 15.9 Å². The molecular weight excluding hydrogens is 326 g/mol. The number of hydrogen-bond acceptors (Lipinski definition) is 3. The summed E-state index contributed by atoms with van der Waals surface area (Å²) in [4.78, 5) is 15.0. The number of aliphatic carboxylic acids is 1. The number of nitrogens with zero attached hydrogens (tertiary/aromatic N) is 1. The molecule has 2 aliphatic rings. The maximum absolute atomic E-state index is 11.5. The van der Waals surface area contributed by atoms with Gasteiger partial charge < -0.3 is 5.11 Å². The van der Waals surface area contributed by atoms with Crippen molar-refractivity contribution in [2.24, 2.45) is 5.92 Å². The molecule has 3 rings (SSSR count). The van der Waals surface area contributed by atoms with Crippen LogP contribution >= 0.6 is 27.3 Å². The number of halogens is 1. The fourth-order valence-corrected chi connectivity index (χ4v) is 5.13. The molecule has 3 atom stereocenters. The summed E-state index contributed by atoms with van der Waals surface area (Å²) >= 11 is 5.19. The molecule has 2 heterocycles. The summed E-state index contributed by atoms with van der Waals surface area (Å²) in [5, 5.41) is 9.47. The molecule has 0 bridgehead atoms. The van der Waals surface area contributed by atoms with Crippen molar-refractivity contribution in [1.29, 1.82) is 0 Å². The lowest BCUT2D eigenvalue weighted by Crippen LogP contribution is -2.41. The monoisotopic (exact) mass is 343 g/mol. The number of likely N-dealkylation sites (tertiary alicyclic amines) is 1. The maximum Gasteiger partial charge on any atom is 0.320 e. The summed E-state index contributed by atoms with van der Waals surface area (Å²) in [5.41, 5.74) is 0.